The van der Waals surface area contributed by atoms with Gasteiger partial charge in [0.1, 0.15) is 0 Å². The van der Waals surface area contributed by atoms with Crippen LogP contribution in [0.5, 0.6) is 0 Å². The van der Waals surface area contributed by atoms with Gasteiger partial charge in [0.25, 0.3) is 0 Å². The van der Waals surface area contributed by atoms with Gasteiger partial charge in [-0.25, -0.2) is 0 Å². The molecule has 0 aromatic heterocycles. The zero-order chi connectivity index (χ0) is 6.69. The van der Waals surface area contributed by atoms with E-state index in [0.29, 0.717) is 5.92 Å². The van der Waals surface area contributed by atoms with E-state index in [0.717, 1.165) is 0 Å². The molecule has 0 bridgehead atoms. The first kappa shape index (κ1) is 6.15. The van der Waals surface area contributed by atoms with Crippen LogP contribution in [0.2, 0.25) is 0 Å². The van der Waals surface area contributed by atoms with E-state index in [1.165, 1.54) is 12.8 Å². The molecule has 1 aliphatic rings. The molecule has 1 saturated carbocycles. The molecule has 2 nitrogen and oxygen atoms in total. The van der Waals surface area contributed by atoms with Crippen molar-refractivity contribution in [1.29, 1.82) is 0 Å². The first-order valence-electron chi connectivity index (χ1n) is 2.96. The standard InChI is InChI=1S/C7H9NO/c1-3-7(9-8-2)6-4-5-6/h1,6-7H,2,4-5H2/t7-/m0/s1. The summed E-state index contributed by atoms with van der Waals surface area (Å²) in [5.41, 5.74) is 0. The highest BCUT2D eigenvalue weighted by Gasteiger charge is 2.31. The lowest BCUT2D eigenvalue weighted by Gasteiger charge is -2.03. The van der Waals surface area contributed by atoms with Gasteiger partial charge < -0.3 is 4.84 Å². The van der Waals surface area contributed by atoms with E-state index < -0.39 is 0 Å². The summed E-state index contributed by atoms with van der Waals surface area (Å²) in [6, 6.07) is 0. The van der Waals surface area contributed by atoms with Crippen molar-refractivity contribution < 1.29 is 4.84 Å². The molecular weight excluding hydrogens is 114 g/mol. The van der Waals surface area contributed by atoms with Crippen LogP contribution < -0.4 is 0 Å². The van der Waals surface area contributed by atoms with Gasteiger partial charge in [0.05, 0.1) is 0 Å². The van der Waals surface area contributed by atoms with E-state index in [4.69, 9.17) is 11.3 Å². The smallest absolute Gasteiger partial charge is 0.189 e. The SMILES string of the molecule is C#C[C@H](ON=C)C1CC1. The predicted octanol–water partition coefficient (Wildman–Crippen LogP) is 1.03. The molecule has 0 N–H and O–H groups in total. The van der Waals surface area contributed by atoms with E-state index in [-0.39, 0.29) is 6.10 Å². The maximum atomic E-state index is 5.14. The summed E-state index contributed by atoms with van der Waals surface area (Å²) < 4.78 is 0. The van der Waals surface area contributed by atoms with E-state index in [1.807, 2.05) is 0 Å². The van der Waals surface area contributed by atoms with Crippen molar-refractivity contribution in [3.8, 4) is 12.3 Å². The second-order valence-corrected chi connectivity index (χ2v) is 2.16. The third kappa shape index (κ3) is 1.46. The molecule has 0 radical (unpaired) electrons. The lowest BCUT2D eigenvalue weighted by atomic mass is 10.2. The van der Waals surface area contributed by atoms with Crippen molar-refractivity contribution in [2.45, 2.75) is 18.9 Å². The van der Waals surface area contributed by atoms with Gasteiger partial charge in [-0.2, -0.15) is 0 Å². The summed E-state index contributed by atoms with van der Waals surface area (Å²) >= 11 is 0. The highest BCUT2D eigenvalue weighted by Crippen LogP contribution is 2.33. The predicted molar refractivity (Wildman–Crippen MR) is 36.0 cm³/mol. The molecule has 1 atom stereocenters. The number of rotatable bonds is 3. The zero-order valence-corrected chi connectivity index (χ0v) is 5.21. The van der Waals surface area contributed by atoms with E-state index in [2.05, 4.69) is 17.8 Å². The fourth-order valence-corrected chi connectivity index (χ4v) is 0.732. The highest BCUT2D eigenvalue weighted by molar-refractivity contribution is 5.21. The Hall–Kier alpha value is -0.970. The molecule has 2 heteroatoms. The molecule has 0 aromatic rings. The molecule has 0 amide bonds. The molecule has 9 heavy (non-hydrogen) atoms. The molecular formula is C7H9NO. The highest BCUT2D eigenvalue weighted by atomic mass is 16.6. The first-order valence-corrected chi connectivity index (χ1v) is 2.96. The third-order valence-electron chi connectivity index (χ3n) is 1.40. The number of terminal acetylenes is 1. The van der Waals surface area contributed by atoms with Gasteiger partial charge in [0.2, 0.25) is 0 Å². The topological polar surface area (TPSA) is 21.6 Å². The number of hydrogen-bond acceptors (Lipinski definition) is 2. The molecule has 0 heterocycles. The summed E-state index contributed by atoms with van der Waals surface area (Å²) in [6.07, 6.45) is 7.36. The summed E-state index contributed by atoms with van der Waals surface area (Å²) in [5.74, 6) is 3.05. The van der Waals surface area contributed by atoms with E-state index in [9.17, 15) is 0 Å². The molecule has 1 fully saturated rings. The average molecular weight is 123 g/mol. The lowest BCUT2D eigenvalue weighted by molar-refractivity contribution is 0.0864. The molecule has 0 aromatic carbocycles. The monoisotopic (exact) mass is 123 g/mol. The van der Waals surface area contributed by atoms with E-state index in [1.54, 1.807) is 0 Å². The van der Waals surface area contributed by atoms with Crippen molar-refractivity contribution in [2.75, 3.05) is 0 Å². The van der Waals surface area contributed by atoms with Gasteiger partial charge >= 0.3 is 0 Å². The molecule has 1 aliphatic carbocycles. The minimum atomic E-state index is -0.123. The second-order valence-electron chi connectivity index (χ2n) is 2.16. The van der Waals surface area contributed by atoms with Crippen LogP contribution in [0.4, 0.5) is 0 Å². The Morgan fingerprint density at radius 1 is 1.78 bits per heavy atom. The Morgan fingerprint density at radius 2 is 2.44 bits per heavy atom. The van der Waals surface area contributed by atoms with Gasteiger partial charge in [0.15, 0.2) is 6.10 Å². The fourth-order valence-electron chi connectivity index (χ4n) is 0.732. The van der Waals surface area contributed by atoms with Gasteiger partial charge in [-0.1, -0.05) is 5.92 Å². The number of oxime groups is 1. The summed E-state index contributed by atoms with van der Waals surface area (Å²) in [4.78, 5) is 4.79. The average Bonchev–Trinajstić information content (AvgIpc) is 2.64. The quantitative estimate of drug-likeness (QED) is 0.312. The van der Waals surface area contributed by atoms with Crippen molar-refractivity contribution in [1.82, 2.24) is 0 Å². The molecule has 0 spiro atoms. The van der Waals surface area contributed by atoms with Crippen molar-refractivity contribution in [3.63, 3.8) is 0 Å². The Bertz CT molecular complexity index is 143. The molecule has 48 valence electrons. The summed E-state index contributed by atoms with van der Waals surface area (Å²) in [7, 11) is 0. The lowest BCUT2D eigenvalue weighted by Crippen LogP contribution is -2.08. The Balaban J connectivity index is 2.30. The Kier molecular flexibility index (Phi) is 1.74. The summed E-state index contributed by atoms with van der Waals surface area (Å²) in [5, 5.41) is 3.28. The maximum absolute atomic E-state index is 5.14. The van der Waals surface area contributed by atoms with Crippen LogP contribution in [0.15, 0.2) is 5.16 Å². The third-order valence-corrected chi connectivity index (χ3v) is 1.40. The minimum Gasteiger partial charge on any atom is -0.380 e. The first-order chi connectivity index (χ1) is 4.38. The van der Waals surface area contributed by atoms with Crippen LogP contribution in [0, 0.1) is 18.3 Å². The summed E-state index contributed by atoms with van der Waals surface area (Å²) in [6.45, 7) is 3.19. The maximum Gasteiger partial charge on any atom is 0.189 e. The van der Waals surface area contributed by atoms with Crippen LogP contribution in [0.25, 0.3) is 0 Å². The number of hydrogen-bond donors (Lipinski definition) is 0. The molecule has 0 unspecified atom stereocenters. The van der Waals surface area contributed by atoms with Gasteiger partial charge in [-0.05, 0) is 12.8 Å². The van der Waals surface area contributed by atoms with Gasteiger partial charge in [-0.3, -0.25) is 0 Å². The van der Waals surface area contributed by atoms with Crippen LogP contribution in [-0.4, -0.2) is 12.8 Å². The van der Waals surface area contributed by atoms with Gasteiger partial charge in [-0.15, -0.1) is 11.6 Å². The fraction of sp³-hybridized carbons (Fsp3) is 0.571. The largest absolute Gasteiger partial charge is 0.380 e. The second kappa shape index (κ2) is 2.54. The molecule has 0 aliphatic heterocycles. The van der Waals surface area contributed by atoms with E-state index >= 15 is 0 Å². The van der Waals surface area contributed by atoms with Crippen molar-refractivity contribution in [3.05, 3.63) is 0 Å². The molecule has 0 saturated heterocycles. The molecule has 1 rings (SSSR count). The normalized spacial score (nSPS) is 19.9. The minimum absolute atomic E-state index is 0.123. The van der Waals surface area contributed by atoms with Gasteiger partial charge in [0, 0.05) is 12.6 Å². The zero-order valence-electron chi connectivity index (χ0n) is 5.21. The number of nitrogens with zero attached hydrogens (tertiary/aromatic N) is 1. The van der Waals surface area contributed by atoms with Crippen molar-refractivity contribution in [2.24, 2.45) is 11.1 Å². The van der Waals surface area contributed by atoms with Crippen LogP contribution >= 0.6 is 0 Å². The van der Waals surface area contributed by atoms with Crippen LogP contribution in [0.1, 0.15) is 12.8 Å². The van der Waals surface area contributed by atoms with Crippen LogP contribution in [-0.2, 0) is 4.84 Å². The Labute approximate surface area is 54.9 Å². The Morgan fingerprint density at radius 3 is 2.78 bits per heavy atom. The van der Waals surface area contributed by atoms with Crippen LogP contribution in [0.3, 0.4) is 0 Å². The van der Waals surface area contributed by atoms with Crippen molar-refractivity contribution >= 4 is 6.72 Å².